The Bertz CT molecular complexity index is 269. The molecule has 0 amide bonds. The molecule has 0 aromatic carbocycles. The molecule has 0 spiro atoms. The van der Waals surface area contributed by atoms with Gasteiger partial charge in [0.2, 0.25) is 0 Å². The maximum Gasteiger partial charge on any atom is 0.0154 e. The summed E-state index contributed by atoms with van der Waals surface area (Å²) in [6, 6.07) is 0.208. The first kappa shape index (κ1) is 17.9. The molecule has 0 radical (unpaired) electrons. The average molecular weight is 256 g/mol. The molecule has 18 heavy (non-hydrogen) atoms. The second-order valence-electron chi connectivity index (χ2n) is 8.09. The standard InChI is InChI=1S/C16H36N2/c1-10-11-12(17)13(2,3)14(4,5)15(6,7)16(8,9)18/h12H,10-11,17-18H2,1-9H3. The van der Waals surface area contributed by atoms with E-state index in [1.165, 1.54) is 0 Å². The minimum atomic E-state index is -0.236. The molecule has 1 atom stereocenters. The largest absolute Gasteiger partial charge is 0.327 e. The lowest BCUT2D eigenvalue weighted by Gasteiger charge is -2.59. The van der Waals surface area contributed by atoms with Gasteiger partial charge in [-0.05, 0) is 36.5 Å². The van der Waals surface area contributed by atoms with E-state index in [9.17, 15) is 0 Å². The first-order valence-electron chi connectivity index (χ1n) is 7.28. The summed E-state index contributed by atoms with van der Waals surface area (Å²) in [6.07, 6.45) is 2.20. The van der Waals surface area contributed by atoms with E-state index in [0.717, 1.165) is 12.8 Å². The van der Waals surface area contributed by atoms with Gasteiger partial charge in [-0.25, -0.2) is 0 Å². The summed E-state index contributed by atoms with van der Waals surface area (Å²) in [5.41, 5.74) is 12.7. The predicted molar refractivity (Wildman–Crippen MR) is 82.5 cm³/mol. The summed E-state index contributed by atoms with van der Waals surface area (Å²) in [6.45, 7) is 20.2. The Morgan fingerprint density at radius 1 is 0.833 bits per heavy atom. The summed E-state index contributed by atoms with van der Waals surface area (Å²) < 4.78 is 0. The van der Waals surface area contributed by atoms with Crippen molar-refractivity contribution in [3.63, 3.8) is 0 Å². The van der Waals surface area contributed by atoms with Crippen LogP contribution in [-0.4, -0.2) is 11.6 Å². The molecule has 0 fully saturated rings. The second kappa shape index (κ2) is 5.13. The van der Waals surface area contributed by atoms with Crippen molar-refractivity contribution >= 4 is 0 Å². The Morgan fingerprint density at radius 3 is 1.50 bits per heavy atom. The smallest absolute Gasteiger partial charge is 0.0154 e. The summed E-state index contributed by atoms with van der Waals surface area (Å²) in [4.78, 5) is 0. The zero-order valence-electron chi connectivity index (χ0n) is 14.1. The molecule has 0 bridgehead atoms. The van der Waals surface area contributed by atoms with Crippen molar-refractivity contribution in [3.05, 3.63) is 0 Å². The molecule has 0 aromatic heterocycles. The Morgan fingerprint density at radius 2 is 1.22 bits per heavy atom. The van der Waals surface area contributed by atoms with E-state index in [0.29, 0.717) is 0 Å². The van der Waals surface area contributed by atoms with E-state index in [1.807, 2.05) is 0 Å². The van der Waals surface area contributed by atoms with E-state index < -0.39 is 0 Å². The Labute approximate surface area is 115 Å². The molecule has 0 saturated heterocycles. The molecule has 1 unspecified atom stereocenters. The minimum absolute atomic E-state index is 0.00510. The van der Waals surface area contributed by atoms with Crippen molar-refractivity contribution in [3.8, 4) is 0 Å². The molecule has 0 heterocycles. The zero-order valence-corrected chi connectivity index (χ0v) is 14.1. The summed E-state index contributed by atoms with van der Waals surface area (Å²) in [5.74, 6) is 0. The van der Waals surface area contributed by atoms with Gasteiger partial charge in [-0.3, -0.25) is 0 Å². The highest BCUT2D eigenvalue weighted by Crippen LogP contribution is 2.56. The van der Waals surface area contributed by atoms with Crippen LogP contribution in [0.4, 0.5) is 0 Å². The molecule has 4 N–H and O–H groups in total. The van der Waals surface area contributed by atoms with Crippen LogP contribution < -0.4 is 11.5 Å². The normalized spacial score (nSPS) is 16.8. The maximum absolute atomic E-state index is 6.45. The van der Waals surface area contributed by atoms with Crippen LogP contribution in [0.25, 0.3) is 0 Å². The SMILES string of the molecule is CCCC(N)C(C)(C)C(C)(C)C(C)(C)C(C)(C)N. The van der Waals surface area contributed by atoms with Gasteiger partial charge in [-0.2, -0.15) is 0 Å². The lowest BCUT2D eigenvalue weighted by Crippen LogP contribution is -2.62. The second-order valence-corrected chi connectivity index (χ2v) is 8.09. The number of nitrogens with two attached hydrogens (primary N) is 2. The van der Waals surface area contributed by atoms with Crippen LogP contribution in [-0.2, 0) is 0 Å². The average Bonchev–Trinajstić information content (AvgIpc) is 2.15. The van der Waals surface area contributed by atoms with Gasteiger partial charge in [0.25, 0.3) is 0 Å². The van der Waals surface area contributed by atoms with Crippen LogP contribution in [0.3, 0.4) is 0 Å². The minimum Gasteiger partial charge on any atom is -0.327 e. The van der Waals surface area contributed by atoms with Gasteiger partial charge in [0.05, 0.1) is 0 Å². The number of hydrogen-bond donors (Lipinski definition) is 2. The van der Waals surface area contributed by atoms with Gasteiger partial charge < -0.3 is 11.5 Å². The Balaban J connectivity index is 5.49. The Kier molecular flexibility index (Phi) is 5.10. The third kappa shape index (κ3) is 2.75. The molecule has 2 nitrogen and oxygen atoms in total. The molecule has 0 aliphatic carbocycles. The monoisotopic (exact) mass is 256 g/mol. The van der Waals surface area contributed by atoms with Crippen molar-refractivity contribution in [1.82, 2.24) is 0 Å². The van der Waals surface area contributed by atoms with Crippen molar-refractivity contribution in [1.29, 1.82) is 0 Å². The molecule has 0 rings (SSSR count). The predicted octanol–water partition coefficient (Wildman–Crippen LogP) is 3.93. The summed E-state index contributed by atoms with van der Waals surface area (Å²) in [5, 5.41) is 0. The molecule has 0 aliphatic heterocycles. The van der Waals surface area contributed by atoms with Crippen molar-refractivity contribution < 1.29 is 0 Å². The number of rotatable bonds is 6. The lowest BCUT2D eigenvalue weighted by atomic mass is 9.48. The van der Waals surface area contributed by atoms with E-state index in [1.54, 1.807) is 0 Å². The van der Waals surface area contributed by atoms with Gasteiger partial charge in [0.1, 0.15) is 0 Å². The third-order valence-electron chi connectivity index (χ3n) is 6.31. The third-order valence-corrected chi connectivity index (χ3v) is 6.31. The highest BCUT2D eigenvalue weighted by Gasteiger charge is 2.54. The molecular formula is C16H36N2. The van der Waals surface area contributed by atoms with E-state index in [4.69, 9.17) is 11.5 Å². The fourth-order valence-electron chi connectivity index (χ4n) is 2.75. The molecule has 110 valence electrons. The number of hydrogen-bond acceptors (Lipinski definition) is 2. The fraction of sp³-hybridized carbons (Fsp3) is 1.00. The van der Waals surface area contributed by atoms with E-state index >= 15 is 0 Å². The van der Waals surface area contributed by atoms with Gasteiger partial charge >= 0.3 is 0 Å². The molecule has 0 aliphatic rings. The molecular weight excluding hydrogens is 220 g/mol. The van der Waals surface area contributed by atoms with E-state index in [-0.39, 0.29) is 27.8 Å². The summed E-state index contributed by atoms with van der Waals surface area (Å²) >= 11 is 0. The van der Waals surface area contributed by atoms with Crippen LogP contribution >= 0.6 is 0 Å². The van der Waals surface area contributed by atoms with Crippen molar-refractivity contribution in [2.24, 2.45) is 27.7 Å². The molecule has 0 aromatic rings. The van der Waals surface area contributed by atoms with Gasteiger partial charge in [0, 0.05) is 11.6 Å². The topological polar surface area (TPSA) is 52.0 Å². The highest BCUT2D eigenvalue weighted by atomic mass is 14.8. The van der Waals surface area contributed by atoms with Crippen molar-refractivity contribution in [2.45, 2.75) is 86.7 Å². The van der Waals surface area contributed by atoms with Crippen molar-refractivity contribution in [2.75, 3.05) is 0 Å². The highest BCUT2D eigenvalue weighted by molar-refractivity contribution is 5.07. The lowest BCUT2D eigenvalue weighted by molar-refractivity contribution is -0.0730. The zero-order chi connectivity index (χ0) is 15.0. The van der Waals surface area contributed by atoms with E-state index in [2.05, 4.69) is 62.3 Å². The molecule has 0 saturated carbocycles. The van der Waals surface area contributed by atoms with Crippen LogP contribution in [0.5, 0.6) is 0 Å². The van der Waals surface area contributed by atoms with Gasteiger partial charge in [-0.1, -0.05) is 54.9 Å². The first-order valence-corrected chi connectivity index (χ1v) is 7.28. The van der Waals surface area contributed by atoms with Gasteiger partial charge in [-0.15, -0.1) is 0 Å². The van der Waals surface area contributed by atoms with Crippen LogP contribution in [0.15, 0.2) is 0 Å². The summed E-state index contributed by atoms with van der Waals surface area (Å²) in [7, 11) is 0. The Hall–Kier alpha value is -0.0800. The maximum atomic E-state index is 6.45. The van der Waals surface area contributed by atoms with Crippen LogP contribution in [0.2, 0.25) is 0 Å². The van der Waals surface area contributed by atoms with Gasteiger partial charge in [0.15, 0.2) is 0 Å². The molecule has 2 heteroatoms. The first-order chi connectivity index (χ1) is 7.73. The fourth-order valence-corrected chi connectivity index (χ4v) is 2.75. The quantitative estimate of drug-likeness (QED) is 0.756. The van der Waals surface area contributed by atoms with Crippen LogP contribution in [0.1, 0.15) is 75.2 Å². The van der Waals surface area contributed by atoms with Crippen LogP contribution in [0, 0.1) is 16.2 Å².